The van der Waals surface area contributed by atoms with Gasteiger partial charge in [0.25, 0.3) is 5.91 Å². The number of carbonyl (C=O) groups excluding carboxylic acids is 1. The molecule has 0 aromatic carbocycles. The van der Waals surface area contributed by atoms with Crippen molar-refractivity contribution in [1.82, 2.24) is 9.88 Å². The largest absolute Gasteiger partial charge is 0.478 e. The molecule has 0 unspecified atom stereocenters. The van der Waals surface area contributed by atoms with Crippen molar-refractivity contribution >= 4 is 18.0 Å². The fourth-order valence-corrected chi connectivity index (χ4v) is 2.73. The Balaban J connectivity index is 2.09. The lowest BCUT2D eigenvalue weighted by atomic mass is 10.1. The highest BCUT2D eigenvalue weighted by Gasteiger charge is 2.26. The van der Waals surface area contributed by atoms with Crippen molar-refractivity contribution in [2.45, 2.75) is 38.6 Å². The highest BCUT2D eigenvalue weighted by molar-refractivity contribution is 5.92. The molecular weight excluding hydrogens is 268 g/mol. The maximum absolute atomic E-state index is 12.5. The van der Waals surface area contributed by atoms with E-state index in [0.29, 0.717) is 23.8 Å². The van der Waals surface area contributed by atoms with E-state index >= 15 is 0 Å². The molecule has 1 aliphatic rings. The van der Waals surface area contributed by atoms with Gasteiger partial charge in [0.1, 0.15) is 5.69 Å². The molecule has 0 bridgehead atoms. The second-order valence-electron chi connectivity index (χ2n) is 5.18. The lowest BCUT2D eigenvalue weighted by Crippen LogP contribution is -2.39. The van der Waals surface area contributed by atoms with E-state index in [1.165, 1.54) is 25.1 Å². The molecule has 1 amide bonds. The van der Waals surface area contributed by atoms with Crippen molar-refractivity contribution in [3.8, 4) is 0 Å². The van der Waals surface area contributed by atoms with Crippen LogP contribution in [0.2, 0.25) is 0 Å². The van der Waals surface area contributed by atoms with Crippen LogP contribution in [-0.2, 0) is 4.79 Å². The number of carbonyl (C=O) groups is 2. The molecule has 0 saturated heterocycles. The van der Waals surface area contributed by atoms with E-state index in [9.17, 15) is 9.59 Å². The van der Waals surface area contributed by atoms with Crippen molar-refractivity contribution in [1.29, 1.82) is 0 Å². The number of carboxylic acid groups (broad SMARTS) is 1. The molecule has 1 N–H and O–H groups in total. The molecule has 0 aliphatic heterocycles. The monoisotopic (exact) mass is 288 g/mol. The van der Waals surface area contributed by atoms with E-state index in [1.54, 1.807) is 12.1 Å². The SMILES string of the molecule is CCN(C(=O)c1ccc(C=CC(=O)O)cn1)C1CCCC1. The first-order valence-electron chi connectivity index (χ1n) is 7.30. The summed E-state index contributed by atoms with van der Waals surface area (Å²) < 4.78 is 0. The Morgan fingerprint density at radius 2 is 2.10 bits per heavy atom. The molecule has 5 nitrogen and oxygen atoms in total. The van der Waals surface area contributed by atoms with Crippen LogP contribution in [0.3, 0.4) is 0 Å². The number of aliphatic carboxylic acids is 1. The standard InChI is InChI=1S/C16H20N2O3/c1-2-18(13-5-3-4-6-13)16(21)14-9-7-12(11-17-14)8-10-15(19)20/h7-11,13H,2-6H2,1H3,(H,19,20). The van der Waals surface area contributed by atoms with Gasteiger partial charge < -0.3 is 10.0 Å². The third kappa shape index (κ3) is 3.90. The summed E-state index contributed by atoms with van der Waals surface area (Å²) in [5.41, 5.74) is 1.08. The van der Waals surface area contributed by atoms with Gasteiger partial charge in [0.05, 0.1) is 0 Å². The van der Waals surface area contributed by atoms with E-state index in [4.69, 9.17) is 5.11 Å². The third-order valence-electron chi connectivity index (χ3n) is 3.79. The van der Waals surface area contributed by atoms with Gasteiger partial charge >= 0.3 is 5.97 Å². The van der Waals surface area contributed by atoms with Gasteiger partial charge in [0, 0.05) is 24.9 Å². The highest BCUT2D eigenvalue weighted by atomic mass is 16.4. The second-order valence-corrected chi connectivity index (χ2v) is 5.18. The molecule has 5 heteroatoms. The van der Waals surface area contributed by atoms with Crippen molar-refractivity contribution < 1.29 is 14.7 Å². The summed E-state index contributed by atoms with van der Waals surface area (Å²) in [6, 6.07) is 3.69. The molecule has 1 fully saturated rings. The van der Waals surface area contributed by atoms with Crippen LogP contribution >= 0.6 is 0 Å². The molecular formula is C16H20N2O3. The molecule has 0 radical (unpaired) electrons. The molecule has 1 heterocycles. The van der Waals surface area contributed by atoms with Gasteiger partial charge in [-0.05, 0) is 37.5 Å². The lowest BCUT2D eigenvalue weighted by Gasteiger charge is -2.27. The number of nitrogens with zero attached hydrogens (tertiary/aromatic N) is 2. The molecule has 0 atom stereocenters. The number of hydrogen-bond acceptors (Lipinski definition) is 3. The predicted octanol–water partition coefficient (Wildman–Crippen LogP) is 2.58. The van der Waals surface area contributed by atoms with Crippen LogP contribution in [0.5, 0.6) is 0 Å². The summed E-state index contributed by atoms with van der Waals surface area (Å²) in [5, 5.41) is 8.58. The van der Waals surface area contributed by atoms with E-state index in [2.05, 4.69) is 4.98 Å². The normalized spacial score (nSPS) is 15.5. The maximum Gasteiger partial charge on any atom is 0.328 e. The van der Waals surface area contributed by atoms with Crippen LogP contribution in [0.25, 0.3) is 6.08 Å². The van der Waals surface area contributed by atoms with Crippen LogP contribution in [0.4, 0.5) is 0 Å². The Labute approximate surface area is 124 Å². The zero-order valence-corrected chi connectivity index (χ0v) is 12.2. The number of carboxylic acids is 1. The van der Waals surface area contributed by atoms with E-state index < -0.39 is 5.97 Å². The van der Waals surface area contributed by atoms with Gasteiger partial charge in [0.15, 0.2) is 0 Å². The topological polar surface area (TPSA) is 70.5 Å². The molecule has 1 aromatic heterocycles. The smallest absolute Gasteiger partial charge is 0.328 e. The zero-order chi connectivity index (χ0) is 15.2. The van der Waals surface area contributed by atoms with E-state index in [1.807, 2.05) is 11.8 Å². The number of amides is 1. The number of pyridine rings is 1. The fraction of sp³-hybridized carbons (Fsp3) is 0.438. The van der Waals surface area contributed by atoms with E-state index in [0.717, 1.165) is 18.9 Å². The average Bonchev–Trinajstić information content (AvgIpc) is 3.00. The van der Waals surface area contributed by atoms with Gasteiger partial charge in [-0.2, -0.15) is 0 Å². The Kier molecular flexibility index (Phi) is 5.09. The minimum Gasteiger partial charge on any atom is -0.478 e. The second kappa shape index (κ2) is 7.02. The van der Waals surface area contributed by atoms with Gasteiger partial charge in [-0.25, -0.2) is 4.79 Å². The number of rotatable bonds is 5. The summed E-state index contributed by atoms with van der Waals surface area (Å²) >= 11 is 0. The van der Waals surface area contributed by atoms with Crippen LogP contribution in [0.1, 0.15) is 48.7 Å². The van der Waals surface area contributed by atoms with Crippen LogP contribution in [0.15, 0.2) is 24.4 Å². The quantitative estimate of drug-likeness (QED) is 0.845. The Morgan fingerprint density at radius 3 is 2.62 bits per heavy atom. The summed E-state index contributed by atoms with van der Waals surface area (Å²) in [6.45, 7) is 2.67. The summed E-state index contributed by atoms with van der Waals surface area (Å²) in [4.78, 5) is 29.0. The predicted molar refractivity (Wildman–Crippen MR) is 79.9 cm³/mol. The van der Waals surface area contributed by atoms with Crippen LogP contribution in [0, 0.1) is 0 Å². The van der Waals surface area contributed by atoms with Crippen molar-refractivity contribution in [2.24, 2.45) is 0 Å². The summed E-state index contributed by atoms with van der Waals surface area (Å²) in [6.07, 6.45) is 8.53. The molecule has 112 valence electrons. The molecule has 1 aliphatic carbocycles. The first kappa shape index (κ1) is 15.2. The molecule has 1 saturated carbocycles. The Morgan fingerprint density at radius 1 is 1.38 bits per heavy atom. The molecule has 2 rings (SSSR count). The van der Waals surface area contributed by atoms with Gasteiger partial charge in [-0.3, -0.25) is 9.78 Å². The van der Waals surface area contributed by atoms with Gasteiger partial charge in [-0.1, -0.05) is 18.9 Å². The zero-order valence-electron chi connectivity index (χ0n) is 12.2. The summed E-state index contributed by atoms with van der Waals surface area (Å²) in [5.74, 6) is -1.05. The molecule has 21 heavy (non-hydrogen) atoms. The fourth-order valence-electron chi connectivity index (χ4n) is 2.73. The first-order valence-corrected chi connectivity index (χ1v) is 7.30. The Bertz CT molecular complexity index is 531. The molecule has 0 spiro atoms. The molecule has 1 aromatic rings. The van der Waals surface area contributed by atoms with Crippen molar-refractivity contribution in [2.75, 3.05) is 6.54 Å². The summed E-state index contributed by atoms with van der Waals surface area (Å²) in [7, 11) is 0. The van der Waals surface area contributed by atoms with Crippen molar-refractivity contribution in [3.05, 3.63) is 35.7 Å². The highest BCUT2D eigenvalue weighted by Crippen LogP contribution is 2.24. The Hall–Kier alpha value is -2.17. The van der Waals surface area contributed by atoms with Gasteiger partial charge in [0.2, 0.25) is 0 Å². The number of hydrogen-bond donors (Lipinski definition) is 1. The first-order chi connectivity index (χ1) is 10.1. The van der Waals surface area contributed by atoms with Gasteiger partial charge in [-0.15, -0.1) is 0 Å². The van der Waals surface area contributed by atoms with Crippen molar-refractivity contribution in [3.63, 3.8) is 0 Å². The maximum atomic E-state index is 12.5. The number of aromatic nitrogens is 1. The average molecular weight is 288 g/mol. The van der Waals surface area contributed by atoms with E-state index in [-0.39, 0.29) is 5.91 Å². The van der Waals surface area contributed by atoms with Crippen LogP contribution < -0.4 is 0 Å². The third-order valence-corrected chi connectivity index (χ3v) is 3.79. The minimum absolute atomic E-state index is 0.0434. The lowest BCUT2D eigenvalue weighted by molar-refractivity contribution is -0.131. The minimum atomic E-state index is -1.01. The van der Waals surface area contributed by atoms with Crippen LogP contribution in [-0.4, -0.2) is 39.5 Å².